The molecule has 1 aromatic rings. The summed E-state index contributed by atoms with van der Waals surface area (Å²) in [5.41, 5.74) is 6.60. The van der Waals surface area contributed by atoms with E-state index < -0.39 is 0 Å². The van der Waals surface area contributed by atoms with Gasteiger partial charge in [-0.2, -0.15) is 0 Å². The van der Waals surface area contributed by atoms with Crippen LogP contribution in [0.15, 0.2) is 27.1 Å². The Balaban J connectivity index is 3.17. The molecule has 0 fully saturated rings. The average molecular weight is 265 g/mol. The molecule has 0 aliphatic heterocycles. The first-order chi connectivity index (χ1) is 4.75. The Morgan fingerprint density at radius 3 is 2.00 bits per heavy atom. The van der Waals surface area contributed by atoms with Crippen LogP contribution in [0.3, 0.4) is 0 Å². The van der Waals surface area contributed by atoms with Crippen molar-refractivity contribution in [2.24, 2.45) is 5.73 Å². The van der Waals surface area contributed by atoms with E-state index in [-0.39, 0.29) is 0 Å². The molecule has 0 unspecified atom stereocenters. The molecule has 0 aromatic heterocycles. The lowest BCUT2D eigenvalue weighted by Crippen LogP contribution is -1.97. The Hall–Kier alpha value is 0.140. The predicted octanol–water partition coefficient (Wildman–Crippen LogP) is 2.67. The molecule has 1 rings (SSSR count). The molecule has 2 N–H and O–H groups in total. The topological polar surface area (TPSA) is 26.0 Å². The summed E-state index contributed by atoms with van der Waals surface area (Å²) in [6.45, 7) is 0.558. The van der Waals surface area contributed by atoms with E-state index in [9.17, 15) is 0 Å². The lowest BCUT2D eigenvalue weighted by Gasteiger charge is -2.01. The second kappa shape index (κ2) is 3.51. The molecule has 54 valence electrons. The third kappa shape index (κ3) is 1.59. The number of rotatable bonds is 1. The van der Waals surface area contributed by atoms with Gasteiger partial charge in [0.2, 0.25) is 0 Å². The Kier molecular flexibility index (Phi) is 2.89. The zero-order valence-electron chi connectivity index (χ0n) is 5.27. The summed E-state index contributed by atoms with van der Waals surface area (Å²) >= 11 is 6.79. The molecular formula is C7H7Br2N. The van der Waals surface area contributed by atoms with Gasteiger partial charge in [0.25, 0.3) is 0 Å². The zero-order chi connectivity index (χ0) is 7.56. The highest BCUT2D eigenvalue weighted by Gasteiger charge is 1.99. The van der Waals surface area contributed by atoms with Gasteiger partial charge in [-0.3, -0.25) is 0 Å². The first-order valence-electron chi connectivity index (χ1n) is 2.88. The van der Waals surface area contributed by atoms with E-state index in [2.05, 4.69) is 31.9 Å². The van der Waals surface area contributed by atoms with Crippen LogP contribution < -0.4 is 5.73 Å². The third-order valence-corrected chi connectivity index (χ3v) is 2.75. The minimum absolute atomic E-state index is 0.558. The molecule has 0 aliphatic rings. The van der Waals surface area contributed by atoms with Gasteiger partial charge >= 0.3 is 0 Å². The summed E-state index contributed by atoms with van der Waals surface area (Å²) in [6, 6.07) is 5.92. The fourth-order valence-corrected chi connectivity index (χ4v) is 2.05. The van der Waals surface area contributed by atoms with Crippen molar-refractivity contribution >= 4 is 31.9 Å². The molecular weight excluding hydrogens is 258 g/mol. The molecule has 1 aromatic carbocycles. The quantitative estimate of drug-likeness (QED) is 0.829. The van der Waals surface area contributed by atoms with Crippen LogP contribution in [0.25, 0.3) is 0 Å². The Bertz CT molecular complexity index is 215. The second-order valence-corrected chi connectivity index (χ2v) is 3.61. The van der Waals surface area contributed by atoms with E-state index >= 15 is 0 Å². The maximum absolute atomic E-state index is 5.49. The SMILES string of the molecule is NCc1c(Br)cccc1Br. The van der Waals surface area contributed by atoms with Crippen LogP contribution in [-0.2, 0) is 6.54 Å². The largest absolute Gasteiger partial charge is 0.326 e. The van der Waals surface area contributed by atoms with E-state index in [1.165, 1.54) is 0 Å². The van der Waals surface area contributed by atoms with Crippen LogP contribution in [0, 0.1) is 0 Å². The van der Waals surface area contributed by atoms with Crippen LogP contribution in [0.5, 0.6) is 0 Å². The Morgan fingerprint density at radius 1 is 1.20 bits per heavy atom. The predicted molar refractivity (Wildman–Crippen MR) is 49.7 cm³/mol. The van der Waals surface area contributed by atoms with Crippen molar-refractivity contribution in [3.63, 3.8) is 0 Å². The van der Waals surface area contributed by atoms with Gasteiger partial charge in [-0.25, -0.2) is 0 Å². The number of hydrogen-bond donors (Lipinski definition) is 1. The van der Waals surface area contributed by atoms with Gasteiger partial charge in [0.15, 0.2) is 0 Å². The third-order valence-electron chi connectivity index (χ3n) is 1.27. The van der Waals surface area contributed by atoms with Gasteiger partial charge in [0, 0.05) is 15.5 Å². The molecule has 0 atom stereocenters. The highest BCUT2D eigenvalue weighted by atomic mass is 79.9. The molecule has 0 spiro atoms. The number of halogens is 2. The summed E-state index contributed by atoms with van der Waals surface area (Å²) in [5, 5.41) is 0. The van der Waals surface area contributed by atoms with E-state index in [4.69, 9.17) is 5.73 Å². The molecule has 0 saturated carbocycles. The number of hydrogen-bond acceptors (Lipinski definition) is 1. The van der Waals surface area contributed by atoms with Gasteiger partial charge in [0.1, 0.15) is 0 Å². The van der Waals surface area contributed by atoms with Gasteiger partial charge in [-0.1, -0.05) is 37.9 Å². The van der Waals surface area contributed by atoms with E-state index in [1.54, 1.807) is 0 Å². The van der Waals surface area contributed by atoms with Crippen molar-refractivity contribution in [1.82, 2.24) is 0 Å². The smallest absolute Gasteiger partial charge is 0.0231 e. The first-order valence-corrected chi connectivity index (χ1v) is 4.47. The Labute approximate surface area is 76.9 Å². The highest BCUT2D eigenvalue weighted by Crippen LogP contribution is 2.23. The molecule has 0 bridgehead atoms. The maximum Gasteiger partial charge on any atom is 0.0231 e. The van der Waals surface area contributed by atoms with E-state index in [1.807, 2.05) is 18.2 Å². The van der Waals surface area contributed by atoms with Gasteiger partial charge in [-0.05, 0) is 17.7 Å². The first kappa shape index (κ1) is 8.24. The van der Waals surface area contributed by atoms with Crippen LogP contribution >= 0.6 is 31.9 Å². The zero-order valence-corrected chi connectivity index (χ0v) is 8.44. The van der Waals surface area contributed by atoms with Crippen molar-refractivity contribution in [2.45, 2.75) is 6.54 Å². The summed E-state index contributed by atoms with van der Waals surface area (Å²) in [5.74, 6) is 0. The summed E-state index contributed by atoms with van der Waals surface area (Å²) in [7, 11) is 0. The van der Waals surface area contributed by atoms with Crippen LogP contribution in [-0.4, -0.2) is 0 Å². The molecule has 10 heavy (non-hydrogen) atoms. The monoisotopic (exact) mass is 263 g/mol. The molecule has 0 saturated heterocycles. The normalized spacial score (nSPS) is 9.90. The van der Waals surface area contributed by atoms with Crippen LogP contribution in [0.1, 0.15) is 5.56 Å². The van der Waals surface area contributed by atoms with E-state index in [0.29, 0.717) is 6.54 Å². The van der Waals surface area contributed by atoms with Crippen molar-refractivity contribution in [3.8, 4) is 0 Å². The maximum atomic E-state index is 5.49. The van der Waals surface area contributed by atoms with Crippen LogP contribution in [0.4, 0.5) is 0 Å². The fraction of sp³-hybridized carbons (Fsp3) is 0.143. The molecule has 0 amide bonds. The Morgan fingerprint density at radius 2 is 1.70 bits per heavy atom. The van der Waals surface area contributed by atoms with Gasteiger partial charge < -0.3 is 5.73 Å². The number of nitrogens with two attached hydrogens (primary N) is 1. The van der Waals surface area contributed by atoms with Crippen LogP contribution in [0.2, 0.25) is 0 Å². The minimum atomic E-state index is 0.558. The number of benzene rings is 1. The molecule has 0 radical (unpaired) electrons. The fourth-order valence-electron chi connectivity index (χ4n) is 0.727. The lowest BCUT2D eigenvalue weighted by atomic mass is 10.2. The highest BCUT2D eigenvalue weighted by molar-refractivity contribution is 9.11. The summed E-state index contributed by atoms with van der Waals surface area (Å²) in [4.78, 5) is 0. The van der Waals surface area contributed by atoms with E-state index in [0.717, 1.165) is 14.5 Å². The second-order valence-electron chi connectivity index (χ2n) is 1.90. The standard InChI is InChI=1S/C7H7Br2N/c8-6-2-1-3-7(9)5(6)4-10/h1-3H,4,10H2. The van der Waals surface area contributed by atoms with Crippen molar-refractivity contribution in [2.75, 3.05) is 0 Å². The minimum Gasteiger partial charge on any atom is -0.326 e. The summed E-state index contributed by atoms with van der Waals surface area (Å²) in [6.07, 6.45) is 0. The lowest BCUT2D eigenvalue weighted by molar-refractivity contribution is 1.05. The van der Waals surface area contributed by atoms with Crippen molar-refractivity contribution in [3.05, 3.63) is 32.7 Å². The summed E-state index contributed by atoms with van der Waals surface area (Å²) < 4.78 is 2.12. The van der Waals surface area contributed by atoms with Gasteiger partial charge in [0.05, 0.1) is 0 Å². The molecule has 3 heteroatoms. The molecule has 1 nitrogen and oxygen atoms in total. The molecule has 0 aliphatic carbocycles. The average Bonchev–Trinajstić information content (AvgIpc) is 1.88. The van der Waals surface area contributed by atoms with Crippen molar-refractivity contribution in [1.29, 1.82) is 0 Å². The van der Waals surface area contributed by atoms with Gasteiger partial charge in [-0.15, -0.1) is 0 Å². The molecule has 0 heterocycles. The van der Waals surface area contributed by atoms with Crippen molar-refractivity contribution < 1.29 is 0 Å².